The van der Waals surface area contributed by atoms with Crippen molar-refractivity contribution in [1.82, 2.24) is 4.98 Å². The van der Waals surface area contributed by atoms with E-state index in [-0.39, 0.29) is 17.5 Å². The SMILES string of the molecule is Fc1cccnc1N[C@@H]1CCO[C@@]2(CCSC2)C1. The molecular weight excluding hydrogens is 251 g/mol. The molecule has 2 fully saturated rings. The third kappa shape index (κ3) is 2.47. The Morgan fingerprint density at radius 1 is 1.56 bits per heavy atom. The van der Waals surface area contributed by atoms with Gasteiger partial charge in [0.2, 0.25) is 0 Å². The molecule has 3 heterocycles. The van der Waals surface area contributed by atoms with Crippen molar-refractivity contribution in [3.63, 3.8) is 0 Å². The monoisotopic (exact) mass is 268 g/mol. The standard InChI is InChI=1S/C13H17FN2OS/c14-11-2-1-5-15-12(11)16-10-3-6-17-13(8-10)4-7-18-9-13/h1-2,5,10H,3-4,6-9H2,(H,15,16)/t10-,13+/m1/s1. The van der Waals surface area contributed by atoms with Crippen LogP contribution < -0.4 is 5.32 Å². The molecule has 2 aliphatic rings. The third-order valence-corrected chi connectivity index (χ3v) is 4.88. The maximum Gasteiger partial charge on any atom is 0.165 e. The minimum absolute atomic E-state index is 0.0197. The van der Waals surface area contributed by atoms with Gasteiger partial charge in [0, 0.05) is 24.6 Å². The number of anilines is 1. The van der Waals surface area contributed by atoms with Gasteiger partial charge in [0.25, 0.3) is 0 Å². The summed E-state index contributed by atoms with van der Waals surface area (Å²) < 4.78 is 19.5. The molecule has 2 aliphatic heterocycles. The molecule has 0 saturated carbocycles. The van der Waals surface area contributed by atoms with Crippen molar-refractivity contribution in [2.75, 3.05) is 23.4 Å². The van der Waals surface area contributed by atoms with Crippen molar-refractivity contribution in [3.05, 3.63) is 24.1 Å². The fraction of sp³-hybridized carbons (Fsp3) is 0.615. The zero-order valence-corrected chi connectivity index (χ0v) is 11.0. The van der Waals surface area contributed by atoms with Crippen molar-refractivity contribution in [1.29, 1.82) is 0 Å². The van der Waals surface area contributed by atoms with Gasteiger partial charge in [-0.2, -0.15) is 11.8 Å². The molecule has 1 aromatic heterocycles. The second-order valence-corrected chi connectivity index (χ2v) is 6.11. The van der Waals surface area contributed by atoms with Gasteiger partial charge in [-0.25, -0.2) is 9.37 Å². The molecule has 2 atom stereocenters. The van der Waals surface area contributed by atoms with Crippen LogP contribution in [0.15, 0.2) is 18.3 Å². The highest BCUT2D eigenvalue weighted by Crippen LogP contribution is 2.38. The van der Waals surface area contributed by atoms with Gasteiger partial charge in [-0.1, -0.05) is 0 Å². The smallest absolute Gasteiger partial charge is 0.165 e. The molecule has 1 aromatic rings. The fourth-order valence-corrected chi connectivity index (χ4v) is 4.08. The molecule has 2 saturated heterocycles. The quantitative estimate of drug-likeness (QED) is 0.894. The van der Waals surface area contributed by atoms with E-state index in [1.165, 1.54) is 11.8 Å². The summed E-state index contributed by atoms with van der Waals surface area (Å²) >= 11 is 1.95. The summed E-state index contributed by atoms with van der Waals surface area (Å²) in [5.74, 6) is 2.32. The van der Waals surface area contributed by atoms with Gasteiger partial charge in [0.1, 0.15) is 0 Å². The lowest BCUT2D eigenvalue weighted by Crippen LogP contribution is -2.44. The number of pyridine rings is 1. The summed E-state index contributed by atoms with van der Waals surface area (Å²) in [6.45, 7) is 0.757. The minimum Gasteiger partial charge on any atom is -0.374 e. The lowest BCUT2D eigenvalue weighted by atomic mass is 9.90. The number of ether oxygens (including phenoxy) is 1. The van der Waals surface area contributed by atoms with E-state index in [0.717, 1.165) is 31.6 Å². The highest BCUT2D eigenvalue weighted by atomic mass is 32.2. The van der Waals surface area contributed by atoms with E-state index in [0.29, 0.717) is 5.82 Å². The van der Waals surface area contributed by atoms with Crippen molar-refractivity contribution < 1.29 is 9.13 Å². The van der Waals surface area contributed by atoms with Crippen LogP contribution in [0.4, 0.5) is 10.2 Å². The zero-order valence-electron chi connectivity index (χ0n) is 10.2. The molecule has 5 heteroatoms. The van der Waals surface area contributed by atoms with Gasteiger partial charge in [-0.3, -0.25) is 0 Å². The molecule has 1 N–H and O–H groups in total. The van der Waals surface area contributed by atoms with E-state index in [9.17, 15) is 4.39 Å². The Bertz CT molecular complexity index is 423. The predicted octanol–water partition coefficient (Wildman–Crippen LogP) is 2.69. The molecule has 0 aliphatic carbocycles. The normalized spacial score (nSPS) is 31.7. The van der Waals surface area contributed by atoms with Crippen molar-refractivity contribution in [2.45, 2.75) is 30.9 Å². The summed E-state index contributed by atoms with van der Waals surface area (Å²) in [7, 11) is 0. The van der Waals surface area contributed by atoms with Gasteiger partial charge >= 0.3 is 0 Å². The van der Waals surface area contributed by atoms with Gasteiger partial charge in [0.05, 0.1) is 5.60 Å². The average Bonchev–Trinajstić information content (AvgIpc) is 2.80. The van der Waals surface area contributed by atoms with Gasteiger partial charge < -0.3 is 10.1 Å². The molecule has 3 nitrogen and oxygen atoms in total. The summed E-state index contributed by atoms with van der Waals surface area (Å²) in [4.78, 5) is 4.06. The first-order valence-corrected chi connectivity index (χ1v) is 7.52. The molecule has 0 unspecified atom stereocenters. The molecule has 3 rings (SSSR count). The van der Waals surface area contributed by atoms with Crippen LogP contribution in [-0.4, -0.2) is 34.7 Å². The van der Waals surface area contributed by atoms with Gasteiger partial charge in [0.15, 0.2) is 11.6 Å². The predicted molar refractivity (Wildman–Crippen MR) is 71.5 cm³/mol. The number of hydrogen-bond donors (Lipinski definition) is 1. The maximum atomic E-state index is 13.6. The van der Waals surface area contributed by atoms with Crippen LogP contribution in [0.1, 0.15) is 19.3 Å². The lowest BCUT2D eigenvalue weighted by molar-refractivity contribution is -0.0628. The maximum absolute atomic E-state index is 13.6. The highest BCUT2D eigenvalue weighted by molar-refractivity contribution is 7.99. The summed E-state index contributed by atoms with van der Waals surface area (Å²) in [5.41, 5.74) is 0.0197. The Kier molecular flexibility index (Phi) is 3.43. The Morgan fingerprint density at radius 3 is 3.28 bits per heavy atom. The van der Waals surface area contributed by atoms with Gasteiger partial charge in [-0.05, 0) is 37.1 Å². The van der Waals surface area contributed by atoms with E-state index >= 15 is 0 Å². The number of aromatic nitrogens is 1. The second kappa shape index (κ2) is 5.05. The highest BCUT2D eigenvalue weighted by Gasteiger charge is 2.40. The van der Waals surface area contributed by atoms with E-state index < -0.39 is 0 Å². The first-order chi connectivity index (χ1) is 8.77. The molecule has 0 aromatic carbocycles. The van der Waals surface area contributed by atoms with Crippen LogP contribution in [0.3, 0.4) is 0 Å². The van der Waals surface area contributed by atoms with Crippen molar-refractivity contribution in [2.24, 2.45) is 0 Å². The molecule has 1 spiro atoms. The molecule has 0 amide bonds. The number of rotatable bonds is 2. The van der Waals surface area contributed by atoms with E-state index in [4.69, 9.17) is 4.74 Å². The zero-order chi connectivity index (χ0) is 12.4. The van der Waals surface area contributed by atoms with Crippen molar-refractivity contribution in [3.8, 4) is 0 Å². The second-order valence-electron chi connectivity index (χ2n) is 5.00. The molecule has 0 bridgehead atoms. The Hall–Kier alpha value is -0.810. The number of halogens is 1. The van der Waals surface area contributed by atoms with Crippen molar-refractivity contribution >= 4 is 17.6 Å². The minimum atomic E-state index is -0.279. The number of hydrogen-bond acceptors (Lipinski definition) is 4. The van der Waals surface area contributed by atoms with Crippen LogP contribution in [0.2, 0.25) is 0 Å². The first kappa shape index (κ1) is 12.2. The summed E-state index contributed by atoms with van der Waals surface area (Å²) in [6, 6.07) is 3.32. The first-order valence-electron chi connectivity index (χ1n) is 6.36. The number of nitrogens with one attached hydrogen (secondary N) is 1. The van der Waals surface area contributed by atoms with Crippen LogP contribution in [0.25, 0.3) is 0 Å². The van der Waals surface area contributed by atoms with Crippen LogP contribution in [-0.2, 0) is 4.74 Å². The van der Waals surface area contributed by atoms with Crippen LogP contribution in [0, 0.1) is 5.82 Å². The summed E-state index contributed by atoms with van der Waals surface area (Å²) in [6.07, 6.45) is 4.60. The fourth-order valence-electron chi connectivity index (χ4n) is 2.70. The molecule has 18 heavy (non-hydrogen) atoms. The Balaban J connectivity index is 1.68. The largest absolute Gasteiger partial charge is 0.374 e. The number of nitrogens with zero attached hydrogens (tertiary/aromatic N) is 1. The van der Waals surface area contributed by atoms with Crippen LogP contribution in [0.5, 0.6) is 0 Å². The summed E-state index contributed by atoms with van der Waals surface area (Å²) in [5, 5.41) is 3.22. The molecule has 98 valence electrons. The number of thioether (sulfide) groups is 1. The van der Waals surface area contributed by atoms with Crippen LogP contribution >= 0.6 is 11.8 Å². The van der Waals surface area contributed by atoms with E-state index in [1.807, 2.05) is 11.8 Å². The lowest BCUT2D eigenvalue weighted by Gasteiger charge is -2.38. The molecule has 0 radical (unpaired) electrons. The Labute approximate surface area is 111 Å². The van der Waals surface area contributed by atoms with Gasteiger partial charge in [-0.15, -0.1) is 0 Å². The third-order valence-electron chi connectivity index (χ3n) is 3.66. The Morgan fingerprint density at radius 2 is 2.50 bits per heavy atom. The average molecular weight is 268 g/mol. The van der Waals surface area contributed by atoms with E-state index in [1.54, 1.807) is 12.3 Å². The molecular formula is C13H17FN2OS. The van der Waals surface area contributed by atoms with E-state index in [2.05, 4.69) is 10.3 Å². The topological polar surface area (TPSA) is 34.2 Å².